The number of nitrogens with one attached hydrogen (secondary N) is 1. The van der Waals surface area contributed by atoms with Gasteiger partial charge in [-0.05, 0) is 48.6 Å². The Morgan fingerprint density at radius 1 is 1.27 bits per heavy atom. The molecule has 0 spiro atoms. The van der Waals surface area contributed by atoms with Crippen molar-refractivity contribution >= 4 is 63.2 Å². The van der Waals surface area contributed by atoms with E-state index in [1.807, 2.05) is 55.6 Å². The fourth-order valence-electron chi connectivity index (χ4n) is 2.51. The lowest BCUT2D eigenvalue weighted by atomic mass is 10.1. The molecule has 2 amide bonds. The topological polar surface area (TPSA) is 49.4 Å². The van der Waals surface area contributed by atoms with Crippen molar-refractivity contribution in [1.82, 2.24) is 4.90 Å². The molecule has 1 aliphatic heterocycles. The van der Waals surface area contributed by atoms with E-state index in [-0.39, 0.29) is 24.8 Å². The second-order valence-corrected chi connectivity index (χ2v) is 8.55. The average Bonchev–Trinajstić information content (AvgIpc) is 3.20. The summed E-state index contributed by atoms with van der Waals surface area (Å²) in [5, 5.41) is 4.87. The lowest BCUT2D eigenvalue weighted by Gasteiger charge is -2.15. The van der Waals surface area contributed by atoms with Gasteiger partial charge in [-0.1, -0.05) is 42.2 Å². The highest BCUT2D eigenvalue weighted by molar-refractivity contribution is 8.26. The number of carbonyl (C=O) groups excluding carboxylic acids is 2. The predicted octanol–water partition coefficient (Wildman–Crippen LogP) is 4.59. The number of thiocarbonyl (C=S) groups is 1. The minimum absolute atomic E-state index is 0.130. The summed E-state index contributed by atoms with van der Waals surface area (Å²) in [7, 11) is 0. The van der Waals surface area contributed by atoms with E-state index in [1.54, 1.807) is 11.3 Å². The van der Waals surface area contributed by atoms with Gasteiger partial charge in [0.05, 0.1) is 4.91 Å². The Morgan fingerprint density at radius 3 is 2.81 bits per heavy atom. The molecule has 134 valence electrons. The molecule has 0 saturated carbocycles. The van der Waals surface area contributed by atoms with Crippen LogP contribution in [0.2, 0.25) is 0 Å². The third-order valence-electron chi connectivity index (χ3n) is 4.13. The minimum atomic E-state index is -0.132. The fourth-order valence-corrected chi connectivity index (χ4v) is 4.54. The molecular weight excluding hydrogens is 384 g/mol. The zero-order valence-corrected chi connectivity index (χ0v) is 16.9. The second-order valence-electron chi connectivity index (χ2n) is 5.89. The van der Waals surface area contributed by atoms with E-state index in [1.165, 1.54) is 16.7 Å². The van der Waals surface area contributed by atoms with Crippen molar-refractivity contribution in [3.05, 3.63) is 56.6 Å². The molecule has 1 aliphatic rings. The number of rotatable bonds is 5. The molecule has 1 aromatic heterocycles. The molecule has 0 unspecified atom stereocenters. The van der Waals surface area contributed by atoms with Crippen molar-refractivity contribution < 1.29 is 9.59 Å². The highest BCUT2D eigenvalue weighted by atomic mass is 32.2. The molecule has 1 N–H and O–H groups in total. The molecule has 26 heavy (non-hydrogen) atoms. The van der Waals surface area contributed by atoms with Crippen LogP contribution in [0.15, 0.2) is 40.6 Å². The van der Waals surface area contributed by atoms with Gasteiger partial charge in [0.2, 0.25) is 5.91 Å². The van der Waals surface area contributed by atoms with Crippen molar-refractivity contribution in [2.45, 2.75) is 20.3 Å². The number of nitrogens with zero attached hydrogens (tertiary/aromatic N) is 1. The Kier molecular flexibility index (Phi) is 5.90. The quantitative estimate of drug-likeness (QED) is 0.587. The molecule has 1 fully saturated rings. The standard InChI is InChI=1S/C19H18N2O2S3/c1-12-5-3-7-15(13(12)2)20-17(22)8-9-21-18(23)16(26-19(21)24)11-14-6-4-10-25-14/h3-7,10-11H,8-9H2,1-2H3,(H,20,22)/b16-11-. The minimum Gasteiger partial charge on any atom is -0.326 e. The second kappa shape index (κ2) is 8.16. The van der Waals surface area contributed by atoms with E-state index < -0.39 is 0 Å². The first kappa shape index (κ1) is 18.8. The Balaban J connectivity index is 1.60. The van der Waals surface area contributed by atoms with E-state index in [9.17, 15) is 9.59 Å². The molecule has 2 heterocycles. The predicted molar refractivity (Wildman–Crippen MR) is 113 cm³/mol. The molecule has 0 radical (unpaired) electrons. The van der Waals surface area contributed by atoms with Gasteiger partial charge in [-0.15, -0.1) is 11.3 Å². The van der Waals surface area contributed by atoms with E-state index in [0.29, 0.717) is 9.23 Å². The maximum atomic E-state index is 12.5. The molecule has 0 aliphatic carbocycles. The zero-order valence-electron chi connectivity index (χ0n) is 14.4. The molecule has 4 nitrogen and oxygen atoms in total. The average molecular weight is 403 g/mol. The number of aryl methyl sites for hydroxylation is 1. The Labute approximate surface area is 166 Å². The van der Waals surface area contributed by atoms with Gasteiger partial charge in [-0.2, -0.15) is 0 Å². The third kappa shape index (κ3) is 4.23. The molecule has 0 atom stereocenters. The molecule has 2 aromatic rings. The summed E-state index contributed by atoms with van der Waals surface area (Å²) >= 11 is 8.16. The number of benzene rings is 1. The van der Waals surface area contributed by atoms with Gasteiger partial charge in [0.25, 0.3) is 5.91 Å². The number of amides is 2. The number of anilines is 1. The van der Waals surface area contributed by atoms with E-state index in [2.05, 4.69) is 5.32 Å². The summed E-state index contributed by atoms with van der Waals surface area (Å²) in [6, 6.07) is 9.69. The first-order chi connectivity index (χ1) is 12.5. The van der Waals surface area contributed by atoms with E-state index in [0.717, 1.165) is 21.7 Å². The Morgan fingerprint density at radius 2 is 2.08 bits per heavy atom. The maximum Gasteiger partial charge on any atom is 0.266 e. The summed E-state index contributed by atoms with van der Waals surface area (Å²) < 4.78 is 0.498. The van der Waals surface area contributed by atoms with Crippen LogP contribution in [0.1, 0.15) is 22.4 Å². The lowest BCUT2D eigenvalue weighted by Crippen LogP contribution is -2.31. The third-order valence-corrected chi connectivity index (χ3v) is 6.33. The van der Waals surface area contributed by atoms with Gasteiger partial charge in [0.1, 0.15) is 4.32 Å². The summed E-state index contributed by atoms with van der Waals surface area (Å²) in [5.74, 6) is -0.261. The first-order valence-electron chi connectivity index (χ1n) is 8.10. The van der Waals surface area contributed by atoms with Crippen molar-refractivity contribution in [3.8, 4) is 0 Å². The van der Waals surface area contributed by atoms with Gasteiger partial charge < -0.3 is 5.32 Å². The van der Waals surface area contributed by atoms with Crippen LogP contribution in [-0.2, 0) is 9.59 Å². The Bertz CT molecular complexity index is 888. The molecule has 1 aromatic carbocycles. The van der Waals surface area contributed by atoms with Crippen molar-refractivity contribution in [1.29, 1.82) is 0 Å². The van der Waals surface area contributed by atoms with Crippen LogP contribution >= 0.6 is 35.3 Å². The highest BCUT2D eigenvalue weighted by Gasteiger charge is 2.32. The van der Waals surface area contributed by atoms with Crippen LogP contribution in [-0.4, -0.2) is 27.6 Å². The van der Waals surface area contributed by atoms with Crippen LogP contribution in [0.5, 0.6) is 0 Å². The number of thioether (sulfide) groups is 1. The number of thiophene rings is 1. The van der Waals surface area contributed by atoms with Gasteiger partial charge >= 0.3 is 0 Å². The number of hydrogen-bond donors (Lipinski definition) is 1. The molecule has 3 rings (SSSR count). The van der Waals surface area contributed by atoms with E-state index >= 15 is 0 Å². The number of carbonyl (C=O) groups is 2. The fraction of sp³-hybridized carbons (Fsp3) is 0.211. The molecule has 0 bridgehead atoms. The van der Waals surface area contributed by atoms with Crippen molar-refractivity contribution in [2.75, 3.05) is 11.9 Å². The largest absolute Gasteiger partial charge is 0.326 e. The highest BCUT2D eigenvalue weighted by Crippen LogP contribution is 2.33. The van der Waals surface area contributed by atoms with Gasteiger partial charge in [0, 0.05) is 23.5 Å². The summed E-state index contributed by atoms with van der Waals surface area (Å²) in [6.07, 6.45) is 2.05. The van der Waals surface area contributed by atoms with Crippen molar-refractivity contribution in [3.63, 3.8) is 0 Å². The van der Waals surface area contributed by atoms with Crippen LogP contribution in [0.3, 0.4) is 0 Å². The van der Waals surface area contributed by atoms with E-state index in [4.69, 9.17) is 12.2 Å². The zero-order chi connectivity index (χ0) is 18.7. The number of hydrogen-bond acceptors (Lipinski definition) is 5. The monoisotopic (exact) mass is 402 g/mol. The van der Waals surface area contributed by atoms with Crippen molar-refractivity contribution in [2.24, 2.45) is 0 Å². The van der Waals surface area contributed by atoms with Crippen LogP contribution in [0.4, 0.5) is 5.69 Å². The first-order valence-corrected chi connectivity index (χ1v) is 10.2. The Hall–Kier alpha value is -1.96. The molecule has 1 saturated heterocycles. The SMILES string of the molecule is Cc1cccc(NC(=O)CCN2C(=O)/C(=C/c3cccs3)SC2=S)c1C. The molecule has 7 heteroatoms. The lowest BCUT2D eigenvalue weighted by molar-refractivity contribution is -0.122. The van der Waals surface area contributed by atoms with Crippen LogP contribution < -0.4 is 5.32 Å². The van der Waals surface area contributed by atoms with Gasteiger partial charge in [-0.3, -0.25) is 14.5 Å². The summed E-state index contributed by atoms with van der Waals surface area (Å²) in [5.41, 5.74) is 2.97. The summed E-state index contributed by atoms with van der Waals surface area (Å²) in [6.45, 7) is 4.26. The molecular formula is C19H18N2O2S3. The normalized spacial score (nSPS) is 15.8. The maximum absolute atomic E-state index is 12.5. The summed E-state index contributed by atoms with van der Waals surface area (Å²) in [4.78, 5) is 27.9. The smallest absolute Gasteiger partial charge is 0.266 e. The van der Waals surface area contributed by atoms with Crippen LogP contribution in [0.25, 0.3) is 6.08 Å². The van der Waals surface area contributed by atoms with Crippen LogP contribution in [0, 0.1) is 13.8 Å². The van der Waals surface area contributed by atoms with Gasteiger partial charge in [0.15, 0.2) is 0 Å². The van der Waals surface area contributed by atoms with Gasteiger partial charge in [-0.25, -0.2) is 0 Å².